The van der Waals surface area contributed by atoms with Crippen LogP contribution in [0.2, 0.25) is 0 Å². The van der Waals surface area contributed by atoms with Gasteiger partial charge in [0, 0.05) is 23.6 Å². The third kappa shape index (κ3) is 2.79. The Kier molecular flexibility index (Phi) is 3.44. The number of halogens is 1. The van der Waals surface area contributed by atoms with E-state index in [1.165, 1.54) is 12.1 Å². The Morgan fingerprint density at radius 3 is 2.67 bits per heavy atom. The van der Waals surface area contributed by atoms with E-state index >= 15 is 0 Å². The number of nitrogens with zero attached hydrogens (tertiary/aromatic N) is 1. The minimum Gasteiger partial charge on any atom is -0.481 e. The lowest BCUT2D eigenvalue weighted by Gasteiger charge is -2.05. The Balaban J connectivity index is 1.96. The molecule has 0 saturated carbocycles. The van der Waals surface area contributed by atoms with Crippen LogP contribution < -0.4 is 0 Å². The largest absolute Gasteiger partial charge is 0.481 e. The Hall–Kier alpha value is -2.62. The Labute approximate surface area is 121 Å². The van der Waals surface area contributed by atoms with Crippen molar-refractivity contribution < 1.29 is 14.3 Å². The molecule has 0 fully saturated rings. The smallest absolute Gasteiger partial charge is 0.305 e. The number of hydrogen-bond donors (Lipinski definition) is 1. The highest BCUT2D eigenvalue weighted by atomic mass is 19.1. The highest BCUT2D eigenvalue weighted by Gasteiger charge is 2.06. The molecule has 0 aliphatic heterocycles. The maximum atomic E-state index is 13.3. The van der Waals surface area contributed by atoms with Crippen LogP contribution in [0.5, 0.6) is 0 Å². The number of carboxylic acids is 1. The maximum absolute atomic E-state index is 13.3. The van der Waals surface area contributed by atoms with Gasteiger partial charge in [0.2, 0.25) is 0 Å². The highest BCUT2D eigenvalue weighted by molar-refractivity contribution is 5.85. The van der Waals surface area contributed by atoms with Crippen molar-refractivity contribution in [1.82, 2.24) is 4.57 Å². The predicted octanol–water partition coefficient (Wildman–Crippen LogP) is 3.92. The van der Waals surface area contributed by atoms with Crippen LogP contribution in [-0.2, 0) is 11.3 Å². The Morgan fingerprint density at radius 1 is 1.10 bits per heavy atom. The monoisotopic (exact) mass is 283 g/mol. The first kappa shape index (κ1) is 13.4. The molecule has 0 saturated heterocycles. The molecule has 1 heterocycles. The quantitative estimate of drug-likeness (QED) is 0.788. The summed E-state index contributed by atoms with van der Waals surface area (Å²) in [7, 11) is 0. The van der Waals surface area contributed by atoms with Crippen LogP contribution in [0.25, 0.3) is 22.0 Å². The molecular formula is C17H14FNO2. The van der Waals surface area contributed by atoms with Crippen LogP contribution >= 0.6 is 0 Å². The van der Waals surface area contributed by atoms with Gasteiger partial charge in [-0.3, -0.25) is 4.79 Å². The topological polar surface area (TPSA) is 42.2 Å². The van der Waals surface area contributed by atoms with Gasteiger partial charge in [-0.25, -0.2) is 4.39 Å². The van der Waals surface area contributed by atoms with Gasteiger partial charge in [0.15, 0.2) is 0 Å². The Bertz CT molecular complexity index is 807. The van der Waals surface area contributed by atoms with Crippen molar-refractivity contribution in [2.45, 2.75) is 13.0 Å². The number of carbonyl (C=O) groups is 1. The van der Waals surface area contributed by atoms with Gasteiger partial charge in [-0.1, -0.05) is 18.2 Å². The second-order valence-corrected chi connectivity index (χ2v) is 4.94. The standard InChI is InChI=1S/C17H14FNO2/c18-15-3-1-2-12(11-15)13-4-5-16-14(10-13)6-8-19(16)9-7-17(20)21/h1-6,8,10-11H,7,9H2,(H,20,21). The molecule has 3 aromatic rings. The van der Waals surface area contributed by atoms with Crippen LogP contribution in [0, 0.1) is 5.82 Å². The number of benzene rings is 2. The second-order valence-electron chi connectivity index (χ2n) is 4.94. The fraction of sp³-hybridized carbons (Fsp3) is 0.118. The molecule has 1 N–H and O–H groups in total. The predicted molar refractivity (Wildman–Crippen MR) is 79.6 cm³/mol. The van der Waals surface area contributed by atoms with Gasteiger partial charge < -0.3 is 9.67 Å². The van der Waals surface area contributed by atoms with Gasteiger partial charge in [0.25, 0.3) is 0 Å². The number of carboxylic acid groups (broad SMARTS) is 1. The molecule has 0 amide bonds. The molecule has 3 nitrogen and oxygen atoms in total. The molecule has 21 heavy (non-hydrogen) atoms. The fourth-order valence-corrected chi connectivity index (χ4v) is 2.46. The van der Waals surface area contributed by atoms with E-state index < -0.39 is 5.97 Å². The van der Waals surface area contributed by atoms with Gasteiger partial charge in [0.1, 0.15) is 5.82 Å². The molecule has 0 unspecified atom stereocenters. The van der Waals surface area contributed by atoms with Crippen molar-refractivity contribution in [3.8, 4) is 11.1 Å². The average Bonchev–Trinajstić information content (AvgIpc) is 2.87. The first-order valence-corrected chi connectivity index (χ1v) is 6.70. The summed E-state index contributed by atoms with van der Waals surface area (Å²) in [6, 6.07) is 14.3. The summed E-state index contributed by atoms with van der Waals surface area (Å²) in [6.45, 7) is 0.443. The molecule has 0 aliphatic rings. The number of rotatable bonds is 4. The van der Waals surface area contributed by atoms with Crippen LogP contribution in [0.15, 0.2) is 54.7 Å². The minimum absolute atomic E-state index is 0.0927. The summed E-state index contributed by atoms with van der Waals surface area (Å²) in [6.07, 6.45) is 1.97. The summed E-state index contributed by atoms with van der Waals surface area (Å²) in [5, 5.41) is 9.77. The fourth-order valence-electron chi connectivity index (χ4n) is 2.46. The zero-order chi connectivity index (χ0) is 14.8. The van der Waals surface area contributed by atoms with Crippen LogP contribution in [-0.4, -0.2) is 15.6 Å². The van der Waals surface area contributed by atoms with Gasteiger partial charge in [-0.15, -0.1) is 0 Å². The van der Waals surface area contributed by atoms with E-state index in [1.54, 1.807) is 6.07 Å². The second kappa shape index (κ2) is 5.40. The third-order valence-corrected chi connectivity index (χ3v) is 3.50. The highest BCUT2D eigenvalue weighted by Crippen LogP contribution is 2.25. The molecule has 1 aromatic heterocycles. The molecule has 0 aliphatic carbocycles. The molecular weight excluding hydrogens is 269 g/mol. The third-order valence-electron chi connectivity index (χ3n) is 3.50. The van der Waals surface area contributed by atoms with Gasteiger partial charge >= 0.3 is 5.97 Å². The van der Waals surface area contributed by atoms with E-state index in [4.69, 9.17) is 5.11 Å². The molecule has 0 radical (unpaired) electrons. The van der Waals surface area contributed by atoms with Gasteiger partial charge in [0.05, 0.1) is 6.42 Å². The van der Waals surface area contributed by atoms with Gasteiger partial charge in [-0.2, -0.15) is 0 Å². The summed E-state index contributed by atoms with van der Waals surface area (Å²) in [5.41, 5.74) is 2.75. The normalized spacial score (nSPS) is 10.9. The van der Waals surface area contributed by atoms with Crippen LogP contribution in [0.1, 0.15) is 6.42 Å². The number of aryl methyl sites for hydroxylation is 1. The van der Waals surface area contributed by atoms with E-state index in [0.29, 0.717) is 6.54 Å². The van der Waals surface area contributed by atoms with Crippen molar-refractivity contribution in [2.24, 2.45) is 0 Å². The zero-order valence-corrected chi connectivity index (χ0v) is 11.3. The van der Waals surface area contributed by atoms with Gasteiger partial charge in [-0.05, 0) is 41.5 Å². The summed E-state index contributed by atoms with van der Waals surface area (Å²) >= 11 is 0. The van der Waals surface area contributed by atoms with E-state index in [0.717, 1.165) is 22.0 Å². The van der Waals surface area contributed by atoms with Crippen molar-refractivity contribution in [3.63, 3.8) is 0 Å². The number of hydrogen-bond acceptors (Lipinski definition) is 1. The minimum atomic E-state index is -0.812. The summed E-state index contributed by atoms with van der Waals surface area (Å²) in [5.74, 6) is -1.07. The van der Waals surface area contributed by atoms with E-state index in [9.17, 15) is 9.18 Å². The lowest BCUT2D eigenvalue weighted by atomic mass is 10.0. The molecule has 3 rings (SSSR count). The Morgan fingerprint density at radius 2 is 1.90 bits per heavy atom. The molecule has 106 valence electrons. The number of aliphatic carboxylic acids is 1. The maximum Gasteiger partial charge on any atom is 0.305 e. The van der Waals surface area contributed by atoms with Crippen molar-refractivity contribution in [3.05, 3.63) is 60.5 Å². The van der Waals surface area contributed by atoms with Crippen molar-refractivity contribution in [2.75, 3.05) is 0 Å². The molecule has 2 aromatic carbocycles. The average molecular weight is 283 g/mol. The lowest BCUT2D eigenvalue weighted by Crippen LogP contribution is -2.03. The molecule has 0 spiro atoms. The zero-order valence-electron chi connectivity index (χ0n) is 11.3. The van der Waals surface area contributed by atoms with E-state index in [1.807, 2.05) is 41.1 Å². The van der Waals surface area contributed by atoms with Crippen molar-refractivity contribution in [1.29, 1.82) is 0 Å². The first-order chi connectivity index (χ1) is 10.1. The lowest BCUT2D eigenvalue weighted by molar-refractivity contribution is -0.137. The van der Waals surface area contributed by atoms with E-state index in [-0.39, 0.29) is 12.2 Å². The molecule has 4 heteroatoms. The van der Waals surface area contributed by atoms with E-state index in [2.05, 4.69) is 0 Å². The molecule has 0 bridgehead atoms. The summed E-state index contributed by atoms with van der Waals surface area (Å²) < 4.78 is 15.2. The van der Waals surface area contributed by atoms with Crippen LogP contribution in [0.4, 0.5) is 4.39 Å². The number of aromatic nitrogens is 1. The van der Waals surface area contributed by atoms with Crippen LogP contribution in [0.3, 0.4) is 0 Å². The number of fused-ring (bicyclic) bond motifs is 1. The summed E-state index contributed by atoms with van der Waals surface area (Å²) in [4.78, 5) is 10.7. The first-order valence-electron chi connectivity index (χ1n) is 6.70. The molecule has 0 atom stereocenters. The van der Waals surface area contributed by atoms with Crippen molar-refractivity contribution >= 4 is 16.9 Å². The SMILES string of the molecule is O=C(O)CCn1ccc2cc(-c3cccc(F)c3)ccc21.